The van der Waals surface area contributed by atoms with Crippen molar-refractivity contribution in [2.24, 2.45) is 5.41 Å². The van der Waals surface area contributed by atoms with E-state index in [2.05, 4.69) is 34.5 Å². The van der Waals surface area contributed by atoms with Gasteiger partial charge in [-0.2, -0.15) is 0 Å². The fourth-order valence-electron chi connectivity index (χ4n) is 6.71. The van der Waals surface area contributed by atoms with E-state index >= 15 is 0 Å². The number of ether oxygens (including phenoxy) is 1. The van der Waals surface area contributed by atoms with Crippen molar-refractivity contribution in [1.82, 2.24) is 10.2 Å². The predicted molar refractivity (Wildman–Crippen MR) is 136 cm³/mol. The SMILES string of the molecule is O=C(O[C@H]1CCC12CC[NH+](Cc1nnc(-c3ccccc3)o1)CC2)C1(c2ccccc2)CCCCC1. The highest BCUT2D eigenvalue weighted by molar-refractivity contribution is 5.83. The topological polar surface area (TPSA) is 69.7 Å². The first-order valence-electron chi connectivity index (χ1n) is 13.6. The number of benzene rings is 2. The lowest BCUT2D eigenvalue weighted by Crippen LogP contribution is -3.12. The number of hydrogen-bond acceptors (Lipinski definition) is 5. The summed E-state index contributed by atoms with van der Waals surface area (Å²) in [7, 11) is 0. The molecule has 6 heteroatoms. The predicted octanol–water partition coefficient (Wildman–Crippen LogP) is 4.51. The smallest absolute Gasteiger partial charge is 0.316 e. The molecule has 1 atom stereocenters. The number of piperidine rings is 1. The Morgan fingerprint density at radius 3 is 2.25 bits per heavy atom. The molecule has 1 spiro atoms. The van der Waals surface area contributed by atoms with Gasteiger partial charge in [0.25, 0.3) is 5.89 Å². The second-order valence-electron chi connectivity index (χ2n) is 11.1. The number of hydrogen-bond donors (Lipinski definition) is 1. The fourth-order valence-corrected chi connectivity index (χ4v) is 6.71. The first-order chi connectivity index (χ1) is 17.7. The van der Waals surface area contributed by atoms with Crippen LogP contribution >= 0.6 is 0 Å². The molecule has 3 fully saturated rings. The van der Waals surface area contributed by atoms with Gasteiger partial charge in [-0.1, -0.05) is 67.8 Å². The third kappa shape index (κ3) is 4.36. The van der Waals surface area contributed by atoms with Crippen molar-refractivity contribution < 1.29 is 18.8 Å². The van der Waals surface area contributed by atoms with E-state index in [1.165, 1.54) is 11.3 Å². The van der Waals surface area contributed by atoms with Crippen molar-refractivity contribution in [3.63, 3.8) is 0 Å². The molecule has 6 nitrogen and oxygen atoms in total. The average molecular weight is 487 g/mol. The molecule has 188 valence electrons. The van der Waals surface area contributed by atoms with E-state index < -0.39 is 5.41 Å². The lowest BCUT2D eigenvalue weighted by atomic mass is 9.60. The molecule has 0 unspecified atom stereocenters. The lowest BCUT2D eigenvalue weighted by Gasteiger charge is -2.52. The number of nitrogens with one attached hydrogen (secondary N) is 1. The second kappa shape index (κ2) is 9.81. The average Bonchev–Trinajstić information content (AvgIpc) is 3.41. The van der Waals surface area contributed by atoms with Crippen molar-refractivity contribution in [3.05, 3.63) is 72.1 Å². The minimum Gasteiger partial charge on any atom is -0.461 e. The maximum atomic E-state index is 13.7. The van der Waals surface area contributed by atoms with Crippen LogP contribution in [0.2, 0.25) is 0 Å². The van der Waals surface area contributed by atoms with Crippen LogP contribution in [0.15, 0.2) is 65.1 Å². The molecule has 36 heavy (non-hydrogen) atoms. The van der Waals surface area contributed by atoms with Crippen molar-refractivity contribution in [2.45, 2.75) is 75.9 Å². The summed E-state index contributed by atoms with van der Waals surface area (Å²) in [5.41, 5.74) is 1.78. The molecular weight excluding hydrogens is 450 g/mol. The Morgan fingerprint density at radius 1 is 0.889 bits per heavy atom. The van der Waals surface area contributed by atoms with Gasteiger partial charge >= 0.3 is 5.97 Å². The molecule has 3 aromatic rings. The summed E-state index contributed by atoms with van der Waals surface area (Å²) in [4.78, 5) is 15.2. The molecule has 2 heterocycles. The Morgan fingerprint density at radius 2 is 1.58 bits per heavy atom. The van der Waals surface area contributed by atoms with Gasteiger partial charge in [0.05, 0.1) is 18.5 Å². The van der Waals surface area contributed by atoms with E-state index in [0.717, 1.165) is 82.1 Å². The molecular formula is C30H36N3O3+. The number of aromatic nitrogens is 2. The summed E-state index contributed by atoms with van der Waals surface area (Å²) in [6, 6.07) is 20.3. The van der Waals surface area contributed by atoms with Crippen LogP contribution in [0.5, 0.6) is 0 Å². The second-order valence-corrected chi connectivity index (χ2v) is 11.1. The zero-order valence-corrected chi connectivity index (χ0v) is 21.0. The third-order valence-corrected chi connectivity index (χ3v) is 9.10. The molecule has 1 saturated heterocycles. The van der Waals surface area contributed by atoms with Crippen LogP contribution < -0.4 is 4.90 Å². The number of rotatable bonds is 6. The largest absolute Gasteiger partial charge is 0.461 e. The van der Waals surface area contributed by atoms with Gasteiger partial charge in [-0.05, 0) is 43.4 Å². The molecule has 2 aliphatic carbocycles. The molecule has 0 amide bonds. The number of carbonyl (C=O) groups is 1. The van der Waals surface area contributed by atoms with E-state index in [1.807, 2.05) is 36.4 Å². The molecule has 0 radical (unpaired) electrons. The zero-order chi connectivity index (χ0) is 24.4. The van der Waals surface area contributed by atoms with Crippen LogP contribution in [0.1, 0.15) is 69.2 Å². The number of nitrogens with zero attached hydrogens (tertiary/aromatic N) is 2. The van der Waals surface area contributed by atoms with Crippen molar-refractivity contribution in [1.29, 1.82) is 0 Å². The highest BCUT2D eigenvalue weighted by atomic mass is 16.5. The van der Waals surface area contributed by atoms with E-state index in [0.29, 0.717) is 11.8 Å². The van der Waals surface area contributed by atoms with Crippen molar-refractivity contribution >= 4 is 5.97 Å². The standard InChI is InChI=1S/C30H35N3O3/c34-28(30(15-8-3-9-16-30)24-12-6-2-7-13-24)35-25-14-17-29(25)18-20-33(21-19-29)22-26-31-32-27(36-26)23-10-4-1-5-11-23/h1-2,4-7,10-13,25H,3,8-9,14-22H2/p+1/t25-/m0/s1. The third-order valence-electron chi connectivity index (χ3n) is 9.10. The minimum absolute atomic E-state index is 0.0200. The molecule has 0 bridgehead atoms. The van der Waals surface area contributed by atoms with Crippen LogP contribution in [0.3, 0.4) is 0 Å². The van der Waals surface area contributed by atoms with Gasteiger partial charge < -0.3 is 14.1 Å². The maximum Gasteiger partial charge on any atom is 0.316 e. The zero-order valence-electron chi connectivity index (χ0n) is 21.0. The van der Waals surface area contributed by atoms with E-state index in [1.54, 1.807) is 0 Å². The van der Waals surface area contributed by atoms with Crippen molar-refractivity contribution in [2.75, 3.05) is 13.1 Å². The summed E-state index contributed by atoms with van der Waals surface area (Å²) in [6.45, 7) is 2.83. The van der Waals surface area contributed by atoms with E-state index in [9.17, 15) is 4.79 Å². The Hall–Kier alpha value is -2.99. The first kappa shape index (κ1) is 23.4. The molecule has 1 aliphatic heterocycles. The number of quaternary nitrogens is 1. The van der Waals surface area contributed by atoms with Gasteiger partial charge in [0.2, 0.25) is 5.89 Å². The Labute approximate surface area is 213 Å². The highest BCUT2D eigenvalue weighted by Gasteiger charge is 2.54. The van der Waals surface area contributed by atoms with Gasteiger partial charge in [-0.3, -0.25) is 4.79 Å². The van der Waals surface area contributed by atoms with Crippen LogP contribution in [0.25, 0.3) is 11.5 Å². The fraction of sp³-hybridized carbons (Fsp3) is 0.500. The summed E-state index contributed by atoms with van der Waals surface area (Å²) in [5.74, 6) is 1.30. The maximum absolute atomic E-state index is 13.7. The molecule has 2 aromatic carbocycles. The van der Waals surface area contributed by atoms with E-state index in [-0.39, 0.29) is 17.5 Å². The lowest BCUT2D eigenvalue weighted by molar-refractivity contribution is -0.923. The molecule has 6 rings (SSSR count). The van der Waals surface area contributed by atoms with Crippen LogP contribution in [-0.4, -0.2) is 35.4 Å². The van der Waals surface area contributed by atoms with Crippen LogP contribution in [0.4, 0.5) is 0 Å². The van der Waals surface area contributed by atoms with Gasteiger partial charge in [-0.25, -0.2) is 0 Å². The quantitative estimate of drug-likeness (QED) is 0.519. The summed E-state index contributed by atoms with van der Waals surface area (Å²) in [5, 5.41) is 8.53. The number of esters is 1. The molecule has 1 N–H and O–H groups in total. The Kier molecular flexibility index (Phi) is 6.38. The Balaban J connectivity index is 1.07. The monoisotopic (exact) mass is 486 g/mol. The van der Waals surface area contributed by atoms with E-state index in [4.69, 9.17) is 9.15 Å². The van der Waals surface area contributed by atoms with Gasteiger partial charge in [0.1, 0.15) is 6.10 Å². The van der Waals surface area contributed by atoms with Gasteiger partial charge in [0.15, 0.2) is 6.54 Å². The van der Waals surface area contributed by atoms with Gasteiger partial charge in [0, 0.05) is 23.8 Å². The van der Waals surface area contributed by atoms with Gasteiger partial charge in [-0.15, -0.1) is 10.2 Å². The van der Waals surface area contributed by atoms with Crippen LogP contribution in [-0.2, 0) is 21.5 Å². The van der Waals surface area contributed by atoms with Crippen molar-refractivity contribution in [3.8, 4) is 11.5 Å². The molecule has 2 saturated carbocycles. The highest BCUT2D eigenvalue weighted by Crippen LogP contribution is 2.51. The Bertz CT molecular complexity index is 1160. The summed E-state index contributed by atoms with van der Waals surface area (Å²) < 4.78 is 12.3. The minimum atomic E-state index is -0.462. The normalized spacial score (nSPS) is 27.3. The summed E-state index contributed by atoms with van der Waals surface area (Å²) in [6.07, 6.45) is 9.59. The number of likely N-dealkylation sites (tertiary alicyclic amines) is 1. The first-order valence-corrected chi connectivity index (χ1v) is 13.6. The molecule has 1 aromatic heterocycles. The molecule has 3 aliphatic rings. The summed E-state index contributed by atoms with van der Waals surface area (Å²) >= 11 is 0. The van der Waals surface area contributed by atoms with Crippen LogP contribution in [0, 0.1) is 5.41 Å². The number of carbonyl (C=O) groups excluding carboxylic acids is 1.